The van der Waals surface area contributed by atoms with E-state index < -0.39 is 67.0 Å². The summed E-state index contributed by atoms with van der Waals surface area (Å²) in [6.45, 7) is 7.89. The summed E-state index contributed by atoms with van der Waals surface area (Å²) >= 11 is 0. The number of aliphatic hydroxyl groups is 9. The Balaban J connectivity index is 2.57. The normalized spacial score (nSPS) is 27.9. The molecule has 9 N–H and O–H groups in total. The lowest BCUT2D eigenvalue weighted by Crippen LogP contribution is -2.27. The molecule has 1 aliphatic rings. The second-order valence-corrected chi connectivity index (χ2v) is 18.1. The van der Waals surface area contributed by atoms with Crippen LogP contribution in [-0.4, -0.2) is 113 Å². The Labute approximate surface area is 333 Å². The summed E-state index contributed by atoms with van der Waals surface area (Å²) in [5.74, 6) is -0.482. The molecule has 11 heteroatoms. The maximum atomic E-state index is 12.9. The van der Waals surface area contributed by atoms with Crippen LogP contribution in [0.25, 0.3) is 0 Å². The Morgan fingerprint density at radius 3 is 1.53 bits per heavy atom. The van der Waals surface area contributed by atoms with Crippen LogP contribution in [0.4, 0.5) is 0 Å². The van der Waals surface area contributed by atoms with E-state index in [1.54, 1.807) is 0 Å². The van der Waals surface area contributed by atoms with Crippen molar-refractivity contribution in [1.29, 1.82) is 0 Å². The molecule has 0 aromatic heterocycles. The number of ether oxygens (including phenoxy) is 1. The van der Waals surface area contributed by atoms with E-state index in [9.17, 15) is 50.8 Å². The van der Waals surface area contributed by atoms with Gasteiger partial charge in [0.15, 0.2) is 0 Å². The van der Waals surface area contributed by atoms with Gasteiger partial charge in [-0.15, -0.1) is 0 Å². The van der Waals surface area contributed by atoms with Gasteiger partial charge in [0.1, 0.15) is 6.10 Å². The number of aliphatic hydroxyl groups excluding tert-OH is 9. The Bertz CT molecular complexity index is 985. The molecule has 0 fully saturated rings. The van der Waals surface area contributed by atoms with Crippen molar-refractivity contribution < 1.29 is 55.5 Å². The molecule has 10 atom stereocenters. The van der Waals surface area contributed by atoms with Crippen molar-refractivity contribution in [3.8, 4) is 0 Å². The number of carbonyl (C=O) groups excluding carboxylic acids is 1. The van der Waals surface area contributed by atoms with Crippen LogP contribution >= 0.6 is 0 Å². The van der Waals surface area contributed by atoms with E-state index in [1.807, 2.05) is 27.7 Å². The van der Waals surface area contributed by atoms with Crippen molar-refractivity contribution in [1.82, 2.24) is 0 Å². The summed E-state index contributed by atoms with van der Waals surface area (Å²) in [5, 5.41) is 94.0. The van der Waals surface area contributed by atoms with Crippen molar-refractivity contribution in [2.75, 3.05) is 0 Å². The number of esters is 1. The molecule has 10 unspecified atom stereocenters. The predicted molar refractivity (Wildman–Crippen MR) is 217 cm³/mol. The molecule has 0 spiro atoms. The van der Waals surface area contributed by atoms with Gasteiger partial charge in [-0.05, 0) is 160 Å². The minimum Gasteiger partial charge on any atom is -0.459 e. The average molecular weight is 789 g/mol. The largest absolute Gasteiger partial charge is 0.459 e. The lowest BCUT2D eigenvalue weighted by molar-refractivity contribution is -0.145. The first kappa shape index (κ1) is 51.9. The standard InChI is InChI=1S/C44H84O11/c1-32-14-6-5-7-15-37(49)29-38(50)24-10-20-34(46)21-11-25-39(51)30-40(52)31-41(55-43(54)28-32)26-12-22-35(47)18-8-16-33(45)17-9-19-36(48)23-13-27-42(53)44(2,3)4/h28,33-42,45-53H,5-27,29-31H2,1-4H3. The quantitative estimate of drug-likeness (QED) is 0.0794. The summed E-state index contributed by atoms with van der Waals surface area (Å²) in [6.07, 6.45) is 10.6. The summed E-state index contributed by atoms with van der Waals surface area (Å²) in [5.41, 5.74) is 0.719. The number of hydrogen-bond acceptors (Lipinski definition) is 11. The van der Waals surface area contributed by atoms with Crippen LogP contribution in [-0.2, 0) is 9.53 Å². The van der Waals surface area contributed by atoms with Gasteiger partial charge in [-0.25, -0.2) is 4.79 Å². The molecule has 326 valence electrons. The first-order valence-electron chi connectivity index (χ1n) is 21.9. The number of carbonyl (C=O) groups is 1. The van der Waals surface area contributed by atoms with Gasteiger partial charge in [-0.3, -0.25) is 0 Å². The Morgan fingerprint density at radius 1 is 0.582 bits per heavy atom. The summed E-state index contributed by atoms with van der Waals surface area (Å²) in [7, 11) is 0. The molecule has 1 aliphatic heterocycles. The molecule has 0 saturated carbocycles. The molecule has 0 bridgehead atoms. The topological polar surface area (TPSA) is 208 Å². The predicted octanol–water partition coefficient (Wildman–Crippen LogP) is 6.29. The fraction of sp³-hybridized carbons (Fsp3) is 0.932. The van der Waals surface area contributed by atoms with Gasteiger partial charge in [0, 0.05) is 12.5 Å². The van der Waals surface area contributed by atoms with Gasteiger partial charge >= 0.3 is 5.97 Å². The number of hydrogen-bond donors (Lipinski definition) is 9. The van der Waals surface area contributed by atoms with E-state index in [4.69, 9.17) is 4.74 Å². The van der Waals surface area contributed by atoms with Crippen molar-refractivity contribution in [3.63, 3.8) is 0 Å². The number of allylic oxidation sites excluding steroid dienone is 1. The first-order valence-corrected chi connectivity index (χ1v) is 21.9. The van der Waals surface area contributed by atoms with Crippen LogP contribution in [0.2, 0.25) is 0 Å². The second kappa shape index (κ2) is 30.0. The third-order valence-corrected chi connectivity index (χ3v) is 11.3. The fourth-order valence-corrected chi connectivity index (χ4v) is 7.53. The Hall–Kier alpha value is -1.15. The Morgan fingerprint density at radius 2 is 1.02 bits per heavy atom. The molecule has 0 radical (unpaired) electrons. The molecule has 1 heterocycles. The van der Waals surface area contributed by atoms with E-state index in [0.717, 1.165) is 31.3 Å². The third-order valence-electron chi connectivity index (χ3n) is 11.3. The SMILES string of the molecule is CC1=CC(=O)OC(CCCC(O)CCCC(O)CCCC(O)CCCC(O)C(C)(C)C)CC(O)CC(O)CCCC(O)CCCC(O)CC(O)CCCCC1. The molecule has 0 saturated heterocycles. The van der Waals surface area contributed by atoms with Gasteiger partial charge in [-0.1, -0.05) is 39.2 Å². The molecule has 0 amide bonds. The minimum absolute atomic E-state index is 0.124. The van der Waals surface area contributed by atoms with Gasteiger partial charge in [0.25, 0.3) is 0 Å². The van der Waals surface area contributed by atoms with E-state index >= 15 is 0 Å². The number of rotatable bonds is 16. The van der Waals surface area contributed by atoms with Crippen LogP contribution in [0.1, 0.15) is 195 Å². The van der Waals surface area contributed by atoms with Crippen LogP contribution in [0.5, 0.6) is 0 Å². The average Bonchev–Trinajstić information content (AvgIpc) is 3.07. The molecule has 1 rings (SSSR count). The lowest BCUT2D eigenvalue weighted by Gasteiger charge is -2.26. The third kappa shape index (κ3) is 28.8. The molecular formula is C44H84O11. The second-order valence-electron chi connectivity index (χ2n) is 18.1. The molecular weight excluding hydrogens is 704 g/mol. The van der Waals surface area contributed by atoms with Crippen LogP contribution < -0.4 is 0 Å². The van der Waals surface area contributed by atoms with Gasteiger partial charge in [0.05, 0.1) is 54.9 Å². The molecule has 11 nitrogen and oxygen atoms in total. The van der Waals surface area contributed by atoms with Gasteiger partial charge in [0.2, 0.25) is 0 Å². The van der Waals surface area contributed by atoms with Crippen molar-refractivity contribution in [2.24, 2.45) is 5.41 Å². The van der Waals surface area contributed by atoms with Crippen molar-refractivity contribution >= 4 is 5.97 Å². The molecule has 0 aromatic carbocycles. The number of cyclic esters (lactones) is 1. The maximum absolute atomic E-state index is 12.9. The highest BCUT2D eigenvalue weighted by Gasteiger charge is 2.23. The van der Waals surface area contributed by atoms with E-state index in [0.29, 0.717) is 128 Å². The minimum atomic E-state index is -0.890. The van der Waals surface area contributed by atoms with Crippen LogP contribution in [0.3, 0.4) is 0 Å². The highest BCUT2D eigenvalue weighted by atomic mass is 16.5. The van der Waals surface area contributed by atoms with E-state index in [1.165, 1.54) is 6.08 Å². The first-order chi connectivity index (χ1) is 25.9. The van der Waals surface area contributed by atoms with Crippen molar-refractivity contribution in [2.45, 2.75) is 256 Å². The van der Waals surface area contributed by atoms with Crippen LogP contribution in [0.15, 0.2) is 11.6 Å². The van der Waals surface area contributed by atoms with Gasteiger partial charge in [-0.2, -0.15) is 0 Å². The zero-order chi connectivity index (χ0) is 41.2. The molecule has 0 aromatic rings. The monoisotopic (exact) mass is 789 g/mol. The zero-order valence-corrected chi connectivity index (χ0v) is 35.1. The van der Waals surface area contributed by atoms with Gasteiger partial charge < -0.3 is 50.7 Å². The fourth-order valence-electron chi connectivity index (χ4n) is 7.53. The summed E-state index contributed by atoms with van der Waals surface area (Å²) in [4.78, 5) is 12.9. The van der Waals surface area contributed by atoms with E-state index in [-0.39, 0.29) is 18.3 Å². The van der Waals surface area contributed by atoms with Crippen LogP contribution in [0, 0.1) is 5.41 Å². The maximum Gasteiger partial charge on any atom is 0.330 e. The Kier molecular flexibility index (Phi) is 28.3. The molecule has 55 heavy (non-hydrogen) atoms. The molecule has 0 aliphatic carbocycles. The smallest absolute Gasteiger partial charge is 0.330 e. The zero-order valence-electron chi connectivity index (χ0n) is 35.1. The van der Waals surface area contributed by atoms with E-state index in [2.05, 4.69) is 0 Å². The highest BCUT2D eigenvalue weighted by Crippen LogP contribution is 2.25. The summed E-state index contributed by atoms with van der Waals surface area (Å²) in [6, 6.07) is 0. The lowest BCUT2D eigenvalue weighted by atomic mass is 9.86. The summed E-state index contributed by atoms with van der Waals surface area (Å²) < 4.78 is 5.81. The highest BCUT2D eigenvalue weighted by molar-refractivity contribution is 5.82. The van der Waals surface area contributed by atoms with Crippen molar-refractivity contribution in [3.05, 3.63) is 11.6 Å².